The molecule has 1 aliphatic rings. The minimum absolute atomic E-state index is 0.0471. The average molecular weight is 481 g/mol. The zero-order valence-corrected chi connectivity index (χ0v) is 19.4. The maximum atomic E-state index is 13.7. The van der Waals surface area contributed by atoms with Gasteiger partial charge in [0, 0.05) is 19.2 Å². The van der Waals surface area contributed by atoms with Crippen LogP contribution in [0.25, 0.3) is 0 Å². The van der Waals surface area contributed by atoms with E-state index in [2.05, 4.69) is 5.32 Å². The van der Waals surface area contributed by atoms with Gasteiger partial charge < -0.3 is 10.1 Å². The van der Waals surface area contributed by atoms with Crippen LogP contribution in [0.2, 0.25) is 0 Å². The number of ether oxygens (including phenoxy) is 1. The number of nitrogens with zero attached hydrogens (tertiary/aromatic N) is 1. The molecule has 2 aromatic rings. The van der Waals surface area contributed by atoms with Gasteiger partial charge in [0.1, 0.15) is 11.6 Å². The van der Waals surface area contributed by atoms with Crippen LogP contribution in [-0.4, -0.2) is 43.8 Å². The van der Waals surface area contributed by atoms with Gasteiger partial charge in [0.05, 0.1) is 16.1 Å². The van der Waals surface area contributed by atoms with E-state index in [4.69, 9.17) is 4.74 Å². The van der Waals surface area contributed by atoms with Crippen molar-refractivity contribution in [1.29, 1.82) is 0 Å². The lowest BCUT2D eigenvalue weighted by Crippen LogP contribution is -2.42. The highest BCUT2D eigenvalue weighted by Crippen LogP contribution is 2.27. The Morgan fingerprint density at radius 3 is 2.27 bits per heavy atom. The molecule has 1 saturated heterocycles. The summed E-state index contributed by atoms with van der Waals surface area (Å²) in [7, 11) is -3.70. The molecule has 0 spiro atoms. The Labute approximate surface area is 191 Å². The maximum Gasteiger partial charge on any atom is 0.338 e. The highest BCUT2D eigenvalue weighted by atomic mass is 32.2. The van der Waals surface area contributed by atoms with Crippen LogP contribution in [0.4, 0.5) is 14.5 Å². The molecular weight excluding hydrogens is 454 g/mol. The lowest BCUT2D eigenvalue weighted by Gasteiger charge is -2.34. The summed E-state index contributed by atoms with van der Waals surface area (Å²) in [5.41, 5.74) is -0.329. The summed E-state index contributed by atoms with van der Waals surface area (Å²) in [6.45, 7) is 6.18. The fraction of sp³-hybridized carbons (Fsp3) is 0.391. The minimum Gasteiger partial charge on any atom is -0.449 e. The molecule has 3 atom stereocenters. The zero-order valence-electron chi connectivity index (χ0n) is 18.5. The van der Waals surface area contributed by atoms with E-state index in [0.29, 0.717) is 13.1 Å². The number of halogens is 2. The Bertz CT molecular complexity index is 1130. The first-order chi connectivity index (χ1) is 15.5. The third kappa shape index (κ3) is 5.94. The number of carbonyl (C=O) groups excluding carboxylic acids is 2. The van der Waals surface area contributed by atoms with Crippen molar-refractivity contribution in [2.75, 3.05) is 18.4 Å². The van der Waals surface area contributed by atoms with Gasteiger partial charge in [-0.2, -0.15) is 4.31 Å². The maximum absolute atomic E-state index is 13.7. The highest BCUT2D eigenvalue weighted by molar-refractivity contribution is 7.89. The number of piperidine rings is 1. The predicted molar refractivity (Wildman–Crippen MR) is 118 cm³/mol. The SMILES string of the molecule is CC1CC(C)CN(S(=O)(=O)c2ccc(C(=O)OC(C)C(=O)Nc3cc(F)ccc3F)cc2)C1. The average Bonchev–Trinajstić information content (AvgIpc) is 2.75. The van der Waals surface area contributed by atoms with E-state index < -0.39 is 39.6 Å². The number of sulfonamides is 1. The molecule has 33 heavy (non-hydrogen) atoms. The number of hydrogen-bond donors (Lipinski definition) is 1. The third-order valence-corrected chi connectivity index (χ3v) is 7.25. The van der Waals surface area contributed by atoms with Gasteiger partial charge in [0.15, 0.2) is 6.10 Å². The van der Waals surface area contributed by atoms with Gasteiger partial charge >= 0.3 is 5.97 Å². The summed E-state index contributed by atoms with van der Waals surface area (Å²) in [4.78, 5) is 24.6. The second kappa shape index (κ2) is 9.96. The fourth-order valence-electron chi connectivity index (χ4n) is 3.82. The van der Waals surface area contributed by atoms with Gasteiger partial charge in [-0.15, -0.1) is 0 Å². The Morgan fingerprint density at radius 1 is 1.06 bits per heavy atom. The van der Waals surface area contributed by atoms with Crippen LogP contribution in [0, 0.1) is 23.5 Å². The predicted octanol–water partition coefficient (Wildman–Crippen LogP) is 3.82. The lowest BCUT2D eigenvalue weighted by atomic mass is 9.94. The Hall–Kier alpha value is -2.85. The van der Waals surface area contributed by atoms with E-state index in [1.54, 1.807) is 0 Å². The molecular formula is C23H26F2N2O5S. The monoisotopic (exact) mass is 480 g/mol. The summed E-state index contributed by atoms with van der Waals surface area (Å²) in [5, 5.41) is 2.16. The number of esters is 1. The second-order valence-corrected chi connectivity index (χ2v) is 10.4. The van der Waals surface area contributed by atoms with Crippen LogP contribution in [-0.2, 0) is 19.6 Å². The van der Waals surface area contributed by atoms with Gasteiger partial charge in [-0.1, -0.05) is 13.8 Å². The normalized spacial score (nSPS) is 20.2. The van der Waals surface area contributed by atoms with Crippen molar-refractivity contribution in [3.8, 4) is 0 Å². The minimum atomic E-state index is -3.70. The molecule has 0 radical (unpaired) electrons. The molecule has 0 bridgehead atoms. The molecule has 1 amide bonds. The molecule has 178 valence electrons. The van der Waals surface area contributed by atoms with Gasteiger partial charge in [-0.3, -0.25) is 4.79 Å². The van der Waals surface area contributed by atoms with Crippen LogP contribution in [0.15, 0.2) is 47.4 Å². The van der Waals surface area contributed by atoms with E-state index in [1.807, 2.05) is 13.8 Å². The summed E-state index contributed by atoms with van der Waals surface area (Å²) < 4.78 is 59.4. The van der Waals surface area contributed by atoms with Gasteiger partial charge in [0.2, 0.25) is 10.0 Å². The number of nitrogens with one attached hydrogen (secondary N) is 1. The van der Waals surface area contributed by atoms with Crippen LogP contribution < -0.4 is 5.32 Å². The quantitative estimate of drug-likeness (QED) is 0.635. The fourth-order valence-corrected chi connectivity index (χ4v) is 5.50. The number of anilines is 1. The smallest absolute Gasteiger partial charge is 0.338 e. The molecule has 2 aromatic carbocycles. The molecule has 7 nitrogen and oxygen atoms in total. The van der Waals surface area contributed by atoms with E-state index in [-0.39, 0.29) is 28.0 Å². The van der Waals surface area contributed by atoms with Crippen molar-refractivity contribution >= 4 is 27.6 Å². The van der Waals surface area contributed by atoms with Crippen LogP contribution in [0.5, 0.6) is 0 Å². The topological polar surface area (TPSA) is 92.8 Å². The lowest BCUT2D eigenvalue weighted by molar-refractivity contribution is -0.123. The summed E-state index contributed by atoms with van der Waals surface area (Å²) in [6.07, 6.45) is -0.339. The standard InChI is InChI=1S/C23H26F2N2O5S/c1-14-10-15(2)13-27(12-14)33(30,31)19-7-4-17(5-8-19)23(29)32-16(3)22(28)26-21-11-18(24)6-9-20(21)25/h4-9,11,14-16H,10,12-13H2,1-3H3,(H,26,28). The molecule has 3 unspecified atom stereocenters. The number of carbonyl (C=O) groups is 2. The van der Waals surface area contributed by atoms with Crippen molar-refractivity contribution in [1.82, 2.24) is 4.31 Å². The van der Waals surface area contributed by atoms with Crippen molar-refractivity contribution in [2.24, 2.45) is 11.8 Å². The summed E-state index contributed by atoms with van der Waals surface area (Å²) in [6, 6.07) is 7.84. The molecule has 3 rings (SSSR count). The number of benzene rings is 2. The molecule has 1 fully saturated rings. The van der Waals surface area contributed by atoms with Crippen LogP contribution in [0.1, 0.15) is 37.6 Å². The molecule has 10 heteroatoms. The van der Waals surface area contributed by atoms with Crippen LogP contribution in [0.3, 0.4) is 0 Å². The summed E-state index contributed by atoms with van der Waals surface area (Å²) >= 11 is 0. The Morgan fingerprint density at radius 2 is 1.67 bits per heavy atom. The van der Waals surface area contributed by atoms with E-state index in [1.165, 1.54) is 35.5 Å². The van der Waals surface area contributed by atoms with Crippen molar-refractivity contribution in [3.63, 3.8) is 0 Å². The number of amides is 1. The first-order valence-electron chi connectivity index (χ1n) is 10.5. The van der Waals surface area contributed by atoms with Crippen LogP contribution >= 0.6 is 0 Å². The van der Waals surface area contributed by atoms with E-state index >= 15 is 0 Å². The molecule has 0 saturated carbocycles. The summed E-state index contributed by atoms with van der Waals surface area (Å²) in [5.74, 6) is -2.77. The first kappa shape index (κ1) is 24.8. The largest absolute Gasteiger partial charge is 0.449 e. The van der Waals surface area contributed by atoms with E-state index in [0.717, 1.165) is 24.6 Å². The molecule has 0 aromatic heterocycles. The van der Waals surface area contributed by atoms with Crippen molar-refractivity contribution < 1.29 is 31.5 Å². The first-order valence-corrected chi connectivity index (χ1v) is 12.0. The second-order valence-electron chi connectivity index (χ2n) is 8.45. The van der Waals surface area contributed by atoms with Gasteiger partial charge in [-0.05, 0) is 61.6 Å². The third-order valence-electron chi connectivity index (χ3n) is 5.40. The molecule has 1 N–H and O–H groups in total. The van der Waals surface area contributed by atoms with Crippen molar-refractivity contribution in [3.05, 3.63) is 59.7 Å². The number of rotatable bonds is 6. The van der Waals surface area contributed by atoms with Crippen molar-refractivity contribution in [2.45, 2.75) is 38.2 Å². The molecule has 1 aliphatic heterocycles. The Balaban J connectivity index is 1.65. The Kier molecular flexibility index (Phi) is 7.48. The van der Waals surface area contributed by atoms with Gasteiger partial charge in [-0.25, -0.2) is 22.0 Å². The molecule has 0 aliphatic carbocycles. The zero-order chi connectivity index (χ0) is 24.3. The number of hydrogen-bond acceptors (Lipinski definition) is 5. The van der Waals surface area contributed by atoms with Gasteiger partial charge in [0.25, 0.3) is 5.91 Å². The molecule has 1 heterocycles. The van der Waals surface area contributed by atoms with E-state index in [9.17, 15) is 26.8 Å². The highest BCUT2D eigenvalue weighted by Gasteiger charge is 2.31.